The van der Waals surface area contributed by atoms with Gasteiger partial charge in [0.25, 0.3) is 0 Å². The molecule has 2 rings (SSSR count). The zero-order valence-corrected chi connectivity index (χ0v) is 10.9. The highest BCUT2D eigenvalue weighted by Gasteiger charge is 2.21. The first-order valence-electron chi connectivity index (χ1n) is 6.68. The molecule has 0 amide bonds. The Labute approximate surface area is 104 Å². The van der Waals surface area contributed by atoms with Crippen molar-refractivity contribution in [1.82, 2.24) is 9.88 Å². The maximum atomic E-state index is 4.46. The molecular weight excluding hydrogens is 210 g/mol. The third kappa shape index (κ3) is 3.70. The van der Waals surface area contributed by atoms with E-state index < -0.39 is 0 Å². The van der Waals surface area contributed by atoms with E-state index in [-0.39, 0.29) is 0 Å². The largest absolute Gasteiger partial charge is 0.370 e. The predicted molar refractivity (Wildman–Crippen MR) is 72.3 cm³/mol. The van der Waals surface area contributed by atoms with E-state index in [9.17, 15) is 0 Å². The Bertz CT molecular complexity index is 351. The molecule has 3 heteroatoms. The first-order valence-corrected chi connectivity index (χ1v) is 6.68. The van der Waals surface area contributed by atoms with Crippen LogP contribution in [0.3, 0.4) is 0 Å². The van der Waals surface area contributed by atoms with Crippen molar-refractivity contribution in [2.45, 2.75) is 26.7 Å². The number of nitrogens with one attached hydrogen (secondary N) is 1. The van der Waals surface area contributed by atoms with Gasteiger partial charge in [-0.05, 0) is 50.9 Å². The number of pyridine rings is 1. The third-order valence-corrected chi connectivity index (χ3v) is 3.37. The summed E-state index contributed by atoms with van der Waals surface area (Å²) in [7, 11) is 0. The normalized spacial score (nSPS) is 20.7. The summed E-state index contributed by atoms with van der Waals surface area (Å²) in [6.07, 6.45) is 2.58. The fourth-order valence-corrected chi connectivity index (χ4v) is 2.49. The molecule has 0 aliphatic carbocycles. The van der Waals surface area contributed by atoms with Crippen molar-refractivity contribution < 1.29 is 0 Å². The molecule has 1 unspecified atom stereocenters. The molecule has 3 nitrogen and oxygen atoms in total. The number of likely N-dealkylation sites (tertiary alicyclic amines) is 1. The van der Waals surface area contributed by atoms with Crippen LogP contribution < -0.4 is 5.32 Å². The quantitative estimate of drug-likeness (QED) is 0.847. The summed E-state index contributed by atoms with van der Waals surface area (Å²) in [6, 6.07) is 6.14. The van der Waals surface area contributed by atoms with E-state index in [0.717, 1.165) is 24.0 Å². The van der Waals surface area contributed by atoms with Gasteiger partial charge in [-0.1, -0.05) is 13.0 Å². The SMILES string of the molecule is CCCN1CCC(CNc2cccc(C)n2)C1. The zero-order chi connectivity index (χ0) is 12.1. The topological polar surface area (TPSA) is 28.2 Å². The minimum atomic E-state index is 0.781. The molecule has 1 aliphatic heterocycles. The van der Waals surface area contributed by atoms with Crippen LogP contribution in [0.1, 0.15) is 25.5 Å². The van der Waals surface area contributed by atoms with E-state index in [0.29, 0.717) is 0 Å². The minimum Gasteiger partial charge on any atom is -0.370 e. The lowest BCUT2D eigenvalue weighted by Gasteiger charge is -2.15. The average molecular weight is 233 g/mol. The van der Waals surface area contributed by atoms with Crippen LogP contribution in [0.5, 0.6) is 0 Å². The van der Waals surface area contributed by atoms with Crippen molar-refractivity contribution in [2.24, 2.45) is 5.92 Å². The lowest BCUT2D eigenvalue weighted by atomic mass is 10.1. The molecule has 1 saturated heterocycles. The highest BCUT2D eigenvalue weighted by molar-refractivity contribution is 5.35. The van der Waals surface area contributed by atoms with Gasteiger partial charge in [-0.15, -0.1) is 0 Å². The van der Waals surface area contributed by atoms with Crippen LogP contribution in [-0.2, 0) is 0 Å². The molecule has 17 heavy (non-hydrogen) atoms. The minimum absolute atomic E-state index is 0.781. The second-order valence-electron chi connectivity index (χ2n) is 5.00. The van der Waals surface area contributed by atoms with E-state index >= 15 is 0 Å². The Kier molecular flexibility index (Phi) is 4.37. The fraction of sp³-hybridized carbons (Fsp3) is 0.643. The molecule has 0 bridgehead atoms. The number of hydrogen-bond donors (Lipinski definition) is 1. The van der Waals surface area contributed by atoms with Crippen LogP contribution >= 0.6 is 0 Å². The van der Waals surface area contributed by atoms with Crippen LogP contribution in [0.4, 0.5) is 5.82 Å². The van der Waals surface area contributed by atoms with Crippen LogP contribution in [-0.4, -0.2) is 36.1 Å². The number of rotatable bonds is 5. The van der Waals surface area contributed by atoms with Crippen LogP contribution in [0.15, 0.2) is 18.2 Å². The average Bonchev–Trinajstić information content (AvgIpc) is 2.75. The predicted octanol–water partition coefficient (Wildman–Crippen LogP) is 2.53. The second kappa shape index (κ2) is 6.01. The zero-order valence-electron chi connectivity index (χ0n) is 10.9. The maximum Gasteiger partial charge on any atom is 0.126 e. The van der Waals surface area contributed by atoms with Gasteiger partial charge in [0.15, 0.2) is 0 Å². The maximum absolute atomic E-state index is 4.46. The molecule has 0 spiro atoms. The van der Waals surface area contributed by atoms with Gasteiger partial charge in [-0.2, -0.15) is 0 Å². The molecule has 1 aromatic rings. The molecule has 94 valence electrons. The summed E-state index contributed by atoms with van der Waals surface area (Å²) in [5.41, 5.74) is 1.08. The summed E-state index contributed by atoms with van der Waals surface area (Å²) in [5.74, 6) is 1.79. The van der Waals surface area contributed by atoms with Crippen LogP contribution in [0.25, 0.3) is 0 Å². The number of hydrogen-bond acceptors (Lipinski definition) is 3. The van der Waals surface area contributed by atoms with Gasteiger partial charge < -0.3 is 10.2 Å². The van der Waals surface area contributed by atoms with Gasteiger partial charge in [0.1, 0.15) is 5.82 Å². The van der Waals surface area contributed by atoms with E-state index in [4.69, 9.17) is 0 Å². The monoisotopic (exact) mass is 233 g/mol. The summed E-state index contributed by atoms with van der Waals surface area (Å²) in [6.45, 7) is 9.09. The molecule has 1 aromatic heterocycles. The van der Waals surface area contributed by atoms with Crippen molar-refractivity contribution >= 4 is 5.82 Å². The Morgan fingerprint density at radius 2 is 2.35 bits per heavy atom. The first kappa shape index (κ1) is 12.4. The van der Waals surface area contributed by atoms with Crippen LogP contribution in [0, 0.1) is 12.8 Å². The Morgan fingerprint density at radius 3 is 3.12 bits per heavy atom. The van der Waals surface area contributed by atoms with Crippen LogP contribution in [0.2, 0.25) is 0 Å². The Morgan fingerprint density at radius 1 is 1.47 bits per heavy atom. The standard InChI is InChI=1S/C14H23N3/c1-3-8-17-9-7-13(11-17)10-15-14-6-4-5-12(2)16-14/h4-6,13H,3,7-11H2,1-2H3,(H,15,16). The van der Waals surface area contributed by atoms with Crippen molar-refractivity contribution in [3.8, 4) is 0 Å². The number of nitrogens with zero attached hydrogens (tertiary/aromatic N) is 2. The van der Waals surface area contributed by atoms with Gasteiger partial charge in [-0.25, -0.2) is 4.98 Å². The Balaban J connectivity index is 1.76. The number of aromatic nitrogens is 1. The fourth-order valence-electron chi connectivity index (χ4n) is 2.49. The van der Waals surface area contributed by atoms with Crippen molar-refractivity contribution in [1.29, 1.82) is 0 Å². The summed E-state index contributed by atoms with van der Waals surface area (Å²) >= 11 is 0. The van der Waals surface area contributed by atoms with Crippen molar-refractivity contribution in [3.63, 3.8) is 0 Å². The van der Waals surface area contributed by atoms with Gasteiger partial charge >= 0.3 is 0 Å². The molecule has 0 aromatic carbocycles. The van der Waals surface area contributed by atoms with E-state index in [1.165, 1.54) is 32.5 Å². The lowest BCUT2D eigenvalue weighted by Crippen LogP contribution is -2.23. The van der Waals surface area contributed by atoms with E-state index in [1.807, 2.05) is 19.1 Å². The Hall–Kier alpha value is -1.09. The van der Waals surface area contributed by atoms with E-state index in [2.05, 4.69) is 28.2 Å². The molecule has 0 radical (unpaired) electrons. The molecule has 1 atom stereocenters. The molecule has 1 aliphatic rings. The van der Waals surface area contributed by atoms with Gasteiger partial charge in [0, 0.05) is 18.8 Å². The molecule has 1 fully saturated rings. The van der Waals surface area contributed by atoms with Crippen molar-refractivity contribution in [2.75, 3.05) is 31.5 Å². The first-order chi connectivity index (χ1) is 8.28. The van der Waals surface area contributed by atoms with Crippen molar-refractivity contribution in [3.05, 3.63) is 23.9 Å². The lowest BCUT2D eigenvalue weighted by molar-refractivity contribution is 0.327. The van der Waals surface area contributed by atoms with Gasteiger partial charge in [0.05, 0.1) is 0 Å². The highest BCUT2D eigenvalue weighted by atomic mass is 15.1. The van der Waals surface area contributed by atoms with Gasteiger partial charge in [0.2, 0.25) is 0 Å². The second-order valence-corrected chi connectivity index (χ2v) is 5.00. The summed E-state index contributed by atoms with van der Waals surface area (Å²) < 4.78 is 0. The summed E-state index contributed by atoms with van der Waals surface area (Å²) in [4.78, 5) is 7.03. The van der Waals surface area contributed by atoms with Gasteiger partial charge in [-0.3, -0.25) is 0 Å². The molecular formula is C14H23N3. The highest BCUT2D eigenvalue weighted by Crippen LogP contribution is 2.17. The smallest absolute Gasteiger partial charge is 0.126 e. The van der Waals surface area contributed by atoms with E-state index in [1.54, 1.807) is 0 Å². The number of aryl methyl sites for hydroxylation is 1. The summed E-state index contributed by atoms with van der Waals surface area (Å²) in [5, 5.41) is 3.45. The molecule has 1 N–H and O–H groups in total. The molecule has 0 saturated carbocycles. The third-order valence-electron chi connectivity index (χ3n) is 3.37. The number of anilines is 1. The molecule has 2 heterocycles.